The van der Waals surface area contributed by atoms with Crippen LogP contribution in [0.5, 0.6) is 17.2 Å². The van der Waals surface area contributed by atoms with E-state index in [0.29, 0.717) is 46.0 Å². The summed E-state index contributed by atoms with van der Waals surface area (Å²) in [5.74, 6) is 1.85. The van der Waals surface area contributed by atoms with Crippen molar-refractivity contribution in [2.24, 2.45) is 0 Å². The first-order valence-corrected chi connectivity index (χ1v) is 14.0. The van der Waals surface area contributed by atoms with Gasteiger partial charge in [-0.05, 0) is 45.9 Å². The summed E-state index contributed by atoms with van der Waals surface area (Å²) >= 11 is 0. The first-order chi connectivity index (χ1) is 16.2. The van der Waals surface area contributed by atoms with Crippen LogP contribution in [0.25, 0.3) is 11.1 Å². The molecule has 0 saturated heterocycles. The Balaban J connectivity index is 2.60. The van der Waals surface area contributed by atoms with Gasteiger partial charge in [-0.15, -0.1) is 0 Å². The lowest BCUT2D eigenvalue weighted by molar-refractivity contribution is 0.0515. The molecule has 1 N–H and O–H groups in total. The van der Waals surface area contributed by atoms with Crippen molar-refractivity contribution < 1.29 is 28.5 Å². The number of aliphatic hydroxyl groups excluding tert-OH is 1. The molecule has 0 radical (unpaired) electrons. The highest BCUT2D eigenvalue weighted by Crippen LogP contribution is 2.44. The Morgan fingerprint density at radius 3 is 1.97 bits per heavy atom. The highest BCUT2D eigenvalue weighted by Gasteiger charge is 2.45. The van der Waals surface area contributed by atoms with E-state index in [1.54, 1.807) is 21.3 Å². The van der Waals surface area contributed by atoms with Gasteiger partial charge in [-0.25, -0.2) is 0 Å². The molecule has 2 rings (SSSR count). The van der Waals surface area contributed by atoms with E-state index < -0.39 is 8.32 Å². The van der Waals surface area contributed by atoms with Gasteiger partial charge < -0.3 is 28.5 Å². The van der Waals surface area contributed by atoms with Crippen LogP contribution in [0, 0.1) is 0 Å². The smallest absolute Gasteiger partial charge is 0.200 e. The van der Waals surface area contributed by atoms with Crippen LogP contribution in [-0.2, 0) is 22.4 Å². The summed E-state index contributed by atoms with van der Waals surface area (Å²) < 4.78 is 29.0. The summed E-state index contributed by atoms with van der Waals surface area (Å²) in [6.45, 7) is 14.2. The molecule has 0 bridgehead atoms. The third-order valence-electron chi connectivity index (χ3n) is 6.62. The molecule has 0 heterocycles. The van der Waals surface area contributed by atoms with Gasteiger partial charge in [0.15, 0.2) is 6.79 Å². The van der Waals surface area contributed by atoms with Gasteiger partial charge in [0.25, 0.3) is 0 Å². The highest BCUT2D eigenvalue weighted by molar-refractivity contribution is 6.77. The van der Waals surface area contributed by atoms with Gasteiger partial charge in [-0.3, -0.25) is 0 Å². The second kappa shape index (κ2) is 12.6. The van der Waals surface area contributed by atoms with E-state index in [-0.39, 0.29) is 13.4 Å². The fraction of sp³-hybridized carbons (Fsp3) is 0.556. The van der Waals surface area contributed by atoms with Crippen LogP contribution in [0.2, 0.25) is 16.6 Å². The van der Waals surface area contributed by atoms with Crippen molar-refractivity contribution in [2.75, 3.05) is 28.1 Å². The SMILES string of the molecule is COCOc1ccc(CO[Si](C(C)C)(C(C)C)C(C)C)cc1-c1c(CO)cc(OC)cc1OC. The quantitative estimate of drug-likeness (QED) is 0.254. The molecule has 0 aliphatic heterocycles. The van der Waals surface area contributed by atoms with E-state index in [4.69, 9.17) is 23.4 Å². The molecule has 0 aliphatic rings. The summed E-state index contributed by atoms with van der Waals surface area (Å²) in [6.07, 6.45) is 0. The lowest BCUT2D eigenvalue weighted by atomic mass is 9.96. The van der Waals surface area contributed by atoms with E-state index in [9.17, 15) is 5.11 Å². The molecule has 0 amide bonds. The number of hydrogen-bond donors (Lipinski definition) is 1. The van der Waals surface area contributed by atoms with E-state index in [1.165, 1.54) is 0 Å². The first kappa shape index (κ1) is 28.2. The molecular weight excluding hydrogens is 448 g/mol. The number of hydrogen-bond acceptors (Lipinski definition) is 6. The van der Waals surface area contributed by atoms with Gasteiger partial charge in [0, 0.05) is 24.3 Å². The summed E-state index contributed by atoms with van der Waals surface area (Å²) in [6, 6.07) is 9.65. The van der Waals surface area contributed by atoms with Crippen molar-refractivity contribution >= 4 is 8.32 Å². The monoisotopic (exact) mass is 490 g/mol. The van der Waals surface area contributed by atoms with Crippen molar-refractivity contribution in [3.8, 4) is 28.4 Å². The molecule has 0 spiro atoms. The molecule has 34 heavy (non-hydrogen) atoms. The Morgan fingerprint density at radius 1 is 0.824 bits per heavy atom. The van der Waals surface area contributed by atoms with Gasteiger partial charge in [0.05, 0.1) is 27.4 Å². The fourth-order valence-corrected chi connectivity index (χ4v) is 10.6. The zero-order valence-electron chi connectivity index (χ0n) is 22.2. The molecule has 7 heteroatoms. The maximum Gasteiger partial charge on any atom is 0.200 e. The van der Waals surface area contributed by atoms with E-state index in [1.807, 2.05) is 24.3 Å². The summed E-state index contributed by atoms with van der Waals surface area (Å²) in [4.78, 5) is 0. The topological polar surface area (TPSA) is 66.4 Å². The highest BCUT2D eigenvalue weighted by atomic mass is 28.4. The Kier molecular flexibility index (Phi) is 10.4. The fourth-order valence-electron chi connectivity index (χ4n) is 5.17. The molecule has 0 unspecified atom stereocenters. The number of ether oxygens (including phenoxy) is 4. The van der Waals surface area contributed by atoms with Crippen LogP contribution in [-0.4, -0.2) is 41.5 Å². The van der Waals surface area contributed by atoms with Gasteiger partial charge in [0.2, 0.25) is 8.32 Å². The average molecular weight is 491 g/mol. The summed E-state index contributed by atoms with van der Waals surface area (Å²) in [5.41, 5.74) is 4.80. The Hall–Kier alpha value is -2.06. The minimum atomic E-state index is -2.02. The zero-order chi connectivity index (χ0) is 25.5. The maximum absolute atomic E-state index is 10.2. The largest absolute Gasteiger partial charge is 0.497 e. The van der Waals surface area contributed by atoms with E-state index in [2.05, 4.69) is 47.6 Å². The maximum atomic E-state index is 10.2. The molecule has 0 aliphatic carbocycles. The molecule has 0 atom stereocenters. The van der Waals surface area contributed by atoms with E-state index in [0.717, 1.165) is 16.7 Å². The zero-order valence-corrected chi connectivity index (χ0v) is 23.2. The minimum Gasteiger partial charge on any atom is -0.497 e. The van der Waals surface area contributed by atoms with Crippen LogP contribution in [0.1, 0.15) is 52.7 Å². The van der Waals surface area contributed by atoms with Gasteiger partial charge in [-0.2, -0.15) is 0 Å². The Bertz CT molecular complexity index is 879. The summed E-state index contributed by atoms with van der Waals surface area (Å²) in [7, 11) is 2.76. The van der Waals surface area contributed by atoms with Crippen LogP contribution in [0.4, 0.5) is 0 Å². The molecule has 2 aromatic carbocycles. The van der Waals surface area contributed by atoms with Crippen LogP contribution < -0.4 is 14.2 Å². The van der Waals surface area contributed by atoms with Crippen molar-refractivity contribution in [2.45, 2.75) is 71.4 Å². The van der Waals surface area contributed by atoms with Crippen LogP contribution in [0.3, 0.4) is 0 Å². The van der Waals surface area contributed by atoms with Crippen LogP contribution in [0.15, 0.2) is 30.3 Å². The molecule has 0 saturated carbocycles. The summed E-state index contributed by atoms with van der Waals surface area (Å²) in [5, 5.41) is 10.2. The number of methoxy groups -OCH3 is 3. The third-order valence-corrected chi connectivity index (χ3v) is 12.7. The molecule has 0 aromatic heterocycles. The second-order valence-corrected chi connectivity index (χ2v) is 15.0. The van der Waals surface area contributed by atoms with Gasteiger partial charge >= 0.3 is 0 Å². The normalized spacial score (nSPS) is 12.0. The van der Waals surface area contributed by atoms with Gasteiger partial charge in [-0.1, -0.05) is 47.6 Å². The molecule has 6 nitrogen and oxygen atoms in total. The molecular formula is C27H42O6Si. The second-order valence-electron chi connectivity index (χ2n) is 9.51. The van der Waals surface area contributed by atoms with Crippen LogP contribution >= 0.6 is 0 Å². The average Bonchev–Trinajstić information content (AvgIpc) is 2.81. The van der Waals surface area contributed by atoms with Gasteiger partial charge in [0.1, 0.15) is 17.2 Å². The van der Waals surface area contributed by atoms with Crippen molar-refractivity contribution in [1.29, 1.82) is 0 Å². The number of benzene rings is 2. The Labute approximate surface area is 206 Å². The number of aliphatic hydroxyl groups is 1. The first-order valence-electron chi connectivity index (χ1n) is 11.9. The van der Waals surface area contributed by atoms with Crippen molar-refractivity contribution in [3.63, 3.8) is 0 Å². The predicted octanol–water partition coefficient (Wildman–Crippen LogP) is 6.54. The lowest BCUT2D eigenvalue weighted by Gasteiger charge is -2.42. The molecule has 190 valence electrons. The van der Waals surface area contributed by atoms with Crippen molar-refractivity contribution in [3.05, 3.63) is 41.5 Å². The minimum absolute atomic E-state index is 0.111. The van der Waals surface area contributed by atoms with Crippen molar-refractivity contribution in [1.82, 2.24) is 0 Å². The molecule has 0 fully saturated rings. The third kappa shape index (κ3) is 5.94. The Morgan fingerprint density at radius 2 is 1.47 bits per heavy atom. The van der Waals surface area contributed by atoms with E-state index >= 15 is 0 Å². The predicted molar refractivity (Wildman–Crippen MR) is 139 cm³/mol. The number of rotatable bonds is 13. The molecule has 2 aromatic rings. The lowest BCUT2D eigenvalue weighted by Crippen LogP contribution is -2.47. The standard InChI is InChI=1S/C27H42O6Si/c1-18(2)34(19(3)4,20(5)6)33-16-21-10-11-25(32-17-29-7)24(12-21)27-22(15-28)13-23(30-8)14-26(27)31-9/h10-14,18-20,28H,15-17H2,1-9H3.